The lowest BCUT2D eigenvalue weighted by Gasteiger charge is -2.27. The van der Waals surface area contributed by atoms with Crippen molar-refractivity contribution in [1.82, 2.24) is 15.5 Å². The highest BCUT2D eigenvalue weighted by Gasteiger charge is 2.25. The Balaban J connectivity index is 1.41. The first-order chi connectivity index (χ1) is 13.6. The summed E-state index contributed by atoms with van der Waals surface area (Å²) in [5, 5.41) is 10.8. The third kappa shape index (κ3) is 3.94. The van der Waals surface area contributed by atoms with Crippen molar-refractivity contribution in [2.45, 2.75) is 42.7 Å². The first-order valence-corrected chi connectivity index (χ1v) is 10.1. The number of aromatic nitrogens is 2. The molecule has 144 valence electrons. The molecular formula is C21H20FN3O2S. The van der Waals surface area contributed by atoms with Crippen molar-refractivity contribution in [3.63, 3.8) is 0 Å². The summed E-state index contributed by atoms with van der Waals surface area (Å²) in [5.74, 6) is -0.406. The minimum Gasteiger partial charge on any atom is -0.411 e. The van der Waals surface area contributed by atoms with Crippen LogP contribution >= 0.6 is 11.8 Å². The number of amides is 1. The predicted octanol–water partition coefficient (Wildman–Crippen LogP) is 4.55. The summed E-state index contributed by atoms with van der Waals surface area (Å²) in [6, 6.07) is 14.5. The van der Waals surface area contributed by atoms with Crippen LogP contribution in [-0.2, 0) is 11.2 Å². The number of aryl methyl sites for hydroxylation is 1. The van der Waals surface area contributed by atoms with Gasteiger partial charge in [-0.1, -0.05) is 48.2 Å². The molecule has 1 N–H and O–H groups in total. The van der Waals surface area contributed by atoms with E-state index in [1.54, 1.807) is 25.1 Å². The molecule has 0 aliphatic heterocycles. The molecule has 3 aromatic rings. The van der Waals surface area contributed by atoms with E-state index in [0.717, 1.165) is 19.3 Å². The average Bonchev–Trinajstić information content (AvgIpc) is 3.16. The molecule has 0 saturated heterocycles. The lowest BCUT2D eigenvalue weighted by molar-refractivity contribution is -0.121. The first-order valence-electron chi connectivity index (χ1n) is 9.25. The van der Waals surface area contributed by atoms with Crippen LogP contribution in [0, 0.1) is 5.82 Å². The number of rotatable bonds is 5. The molecule has 0 saturated carbocycles. The lowest BCUT2D eigenvalue weighted by Crippen LogP contribution is -2.35. The second-order valence-electron chi connectivity index (χ2n) is 6.77. The normalized spacial score (nSPS) is 17.0. The van der Waals surface area contributed by atoms with Crippen molar-refractivity contribution < 1.29 is 13.6 Å². The van der Waals surface area contributed by atoms with Gasteiger partial charge in [0, 0.05) is 0 Å². The van der Waals surface area contributed by atoms with E-state index >= 15 is 0 Å². The van der Waals surface area contributed by atoms with Crippen LogP contribution in [0.25, 0.3) is 11.5 Å². The summed E-state index contributed by atoms with van der Waals surface area (Å²) in [7, 11) is 0. The summed E-state index contributed by atoms with van der Waals surface area (Å²) in [6.07, 6.45) is 3.03. The maximum atomic E-state index is 13.9. The Morgan fingerprint density at radius 3 is 2.86 bits per heavy atom. The Kier molecular flexibility index (Phi) is 5.43. The van der Waals surface area contributed by atoms with Gasteiger partial charge in [-0.15, -0.1) is 10.2 Å². The predicted molar refractivity (Wildman–Crippen MR) is 105 cm³/mol. The van der Waals surface area contributed by atoms with Gasteiger partial charge in [0.2, 0.25) is 5.91 Å². The number of nitrogens with one attached hydrogen (secondary N) is 1. The van der Waals surface area contributed by atoms with Gasteiger partial charge in [-0.3, -0.25) is 4.79 Å². The zero-order valence-corrected chi connectivity index (χ0v) is 16.2. The molecule has 1 aromatic heterocycles. The summed E-state index contributed by atoms with van der Waals surface area (Å²) >= 11 is 1.17. The summed E-state index contributed by atoms with van der Waals surface area (Å²) in [5.41, 5.74) is 2.74. The van der Waals surface area contributed by atoms with Crippen LogP contribution in [-0.4, -0.2) is 21.4 Å². The number of fused-ring (bicyclic) bond motifs is 1. The average molecular weight is 397 g/mol. The molecule has 4 rings (SSSR count). The third-order valence-electron chi connectivity index (χ3n) is 4.84. The fourth-order valence-corrected chi connectivity index (χ4v) is 4.09. The van der Waals surface area contributed by atoms with Crippen molar-refractivity contribution in [3.05, 3.63) is 65.5 Å². The van der Waals surface area contributed by atoms with Crippen molar-refractivity contribution in [2.24, 2.45) is 0 Å². The molecule has 7 heteroatoms. The van der Waals surface area contributed by atoms with Gasteiger partial charge in [0.1, 0.15) is 5.82 Å². The smallest absolute Gasteiger partial charge is 0.277 e. The maximum absolute atomic E-state index is 13.9. The fourth-order valence-electron chi connectivity index (χ4n) is 3.40. The van der Waals surface area contributed by atoms with E-state index in [1.165, 1.54) is 29.0 Å². The van der Waals surface area contributed by atoms with Crippen LogP contribution in [0.5, 0.6) is 0 Å². The van der Waals surface area contributed by atoms with Crippen LogP contribution in [0.15, 0.2) is 58.2 Å². The molecule has 5 nitrogen and oxygen atoms in total. The Bertz CT molecular complexity index is 991. The topological polar surface area (TPSA) is 68.0 Å². The first kappa shape index (κ1) is 18.7. The summed E-state index contributed by atoms with van der Waals surface area (Å²) in [4.78, 5) is 12.7. The molecular weight excluding hydrogens is 377 g/mol. The molecule has 1 aliphatic carbocycles. The molecule has 2 aromatic carbocycles. The number of thioether (sulfide) groups is 1. The lowest BCUT2D eigenvalue weighted by atomic mass is 9.88. The van der Waals surface area contributed by atoms with Gasteiger partial charge in [0.15, 0.2) is 0 Å². The Hall–Kier alpha value is -2.67. The molecule has 2 atom stereocenters. The van der Waals surface area contributed by atoms with E-state index in [1.807, 2.05) is 12.1 Å². The van der Waals surface area contributed by atoms with E-state index in [9.17, 15) is 9.18 Å². The van der Waals surface area contributed by atoms with Gasteiger partial charge in [0.05, 0.1) is 16.9 Å². The highest BCUT2D eigenvalue weighted by molar-refractivity contribution is 8.00. The minimum absolute atomic E-state index is 0.0251. The van der Waals surface area contributed by atoms with Crippen molar-refractivity contribution in [3.8, 4) is 11.5 Å². The van der Waals surface area contributed by atoms with E-state index in [4.69, 9.17) is 4.42 Å². The number of nitrogens with zero attached hydrogens (tertiary/aromatic N) is 2. The number of hydrogen-bond donors (Lipinski definition) is 1. The van der Waals surface area contributed by atoms with Crippen molar-refractivity contribution >= 4 is 17.7 Å². The monoisotopic (exact) mass is 397 g/mol. The third-order valence-corrected chi connectivity index (χ3v) is 5.78. The van der Waals surface area contributed by atoms with E-state index in [2.05, 4.69) is 27.6 Å². The Morgan fingerprint density at radius 2 is 2.00 bits per heavy atom. The number of halogens is 1. The van der Waals surface area contributed by atoms with Crippen molar-refractivity contribution in [1.29, 1.82) is 0 Å². The SMILES string of the molecule is C[C@H](Sc1nnc(-c2ccccc2F)o1)C(=O)N[C@H]1CCCc2ccccc21. The summed E-state index contributed by atoms with van der Waals surface area (Å²) < 4.78 is 19.4. The second kappa shape index (κ2) is 8.14. The van der Waals surface area contributed by atoms with Gasteiger partial charge >= 0.3 is 0 Å². The number of carbonyl (C=O) groups excluding carboxylic acids is 1. The molecule has 0 spiro atoms. The Labute approximate surface area is 166 Å². The molecule has 0 fully saturated rings. The minimum atomic E-state index is -0.426. The quantitative estimate of drug-likeness (QED) is 0.640. The van der Waals surface area contributed by atoms with Crippen LogP contribution in [0.3, 0.4) is 0 Å². The largest absolute Gasteiger partial charge is 0.411 e. The van der Waals surface area contributed by atoms with Crippen molar-refractivity contribution in [2.75, 3.05) is 0 Å². The maximum Gasteiger partial charge on any atom is 0.277 e. The number of carbonyl (C=O) groups is 1. The van der Waals surface area contributed by atoms with E-state index in [0.29, 0.717) is 0 Å². The highest BCUT2D eigenvalue weighted by Crippen LogP contribution is 2.31. The van der Waals surface area contributed by atoms with E-state index in [-0.39, 0.29) is 28.6 Å². The van der Waals surface area contributed by atoms with Gasteiger partial charge < -0.3 is 9.73 Å². The summed E-state index contributed by atoms with van der Waals surface area (Å²) in [6.45, 7) is 1.79. The molecule has 1 heterocycles. The highest BCUT2D eigenvalue weighted by atomic mass is 32.2. The number of benzene rings is 2. The molecule has 0 radical (unpaired) electrons. The zero-order valence-electron chi connectivity index (χ0n) is 15.4. The van der Waals surface area contributed by atoms with Crippen LogP contribution < -0.4 is 5.32 Å². The Morgan fingerprint density at radius 1 is 1.21 bits per heavy atom. The van der Waals surface area contributed by atoms with Gasteiger partial charge in [-0.05, 0) is 49.4 Å². The standard InChI is InChI=1S/C21H20FN3O2S/c1-13(19(26)23-18-12-6-8-14-7-2-3-9-15(14)18)28-21-25-24-20(27-21)16-10-4-5-11-17(16)22/h2-5,7,9-11,13,18H,6,8,12H2,1H3,(H,23,26)/t13-,18-/m0/s1. The second-order valence-corrected chi connectivity index (χ2v) is 8.06. The fraction of sp³-hybridized carbons (Fsp3) is 0.286. The van der Waals surface area contributed by atoms with Gasteiger partial charge in [-0.25, -0.2) is 4.39 Å². The molecule has 1 amide bonds. The van der Waals surface area contributed by atoms with Gasteiger partial charge in [0.25, 0.3) is 11.1 Å². The molecule has 28 heavy (non-hydrogen) atoms. The van der Waals surface area contributed by atoms with Crippen LogP contribution in [0.2, 0.25) is 0 Å². The van der Waals surface area contributed by atoms with Crippen LogP contribution in [0.1, 0.15) is 36.9 Å². The van der Waals surface area contributed by atoms with Gasteiger partial charge in [-0.2, -0.15) is 0 Å². The number of hydrogen-bond acceptors (Lipinski definition) is 5. The molecule has 0 bridgehead atoms. The van der Waals surface area contributed by atoms with E-state index < -0.39 is 11.1 Å². The zero-order chi connectivity index (χ0) is 19.5. The molecule has 1 aliphatic rings. The molecule has 0 unspecified atom stereocenters. The van der Waals surface area contributed by atoms with Crippen LogP contribution in [0.4, 0.5) is 4.39 Å².